The first-order valence-corrected chi connectivity index (χ1v) is 7.73. The topological polar surface area (TPSA) is 76.0 Å². The quantitative estimate of drug-likeness (QED) is 0.808. The van der Waals surface area contributed by atoms with Crippen molar-refractivity contribution in [2.24, 2.45) is 0 Å². The highest BCUT2D eigenvalue weighted by Crippen LogP contribution is 2.38. The SMILES string of the molecule is CC1(C)OB(C(=Cc2cc(CC(=O)O)ccc2F)CO)OC1(C)C. The molecule has 0 amide bonds. The van der Waals surface area contributed by atoms with Crippen LogP contribution in [-0.4, -0.2) is 41.1 Å². The van der Waals surface area contributed by atoms with Crippen molar-refractivity contribution in [2.45, 2.75) is 45.3 Å². The van der Waals surface area contributed by atoms with Crippen LogP contribution in [0.2, 0.25) is 0 Å². The normalized spacial score (nSPS) is 19.6. The lowest BCUT2D eigenvalue weighted by atomic mass is 9.77. The minimum absolute atomic E-state index is 0.188. The predicted octanol–water partition coefficient (Wildman–Crippen LogP) is 2.46. The van der Waals surface area contributed by atoms with E-state index in [2.05, 4.69) is 0 Å². The molecular weight excluding hydrogens is 314 g/mol. The summed E-state index contributed by atoms with van der Waals surface area (Å²) in [5, 5.41) is 18.5. The van der Waals surface area contributed by atoms with Gasteiger partial charge in [-0.1, -0.05) is 12.1 Å². The van der Waals surface area contributed by atoms with Crippen molar-refractivity contribution < 1.29 is 28.7 Å². The first kappa shape index (κ1) is 18.6. The number of rotatable bonds is 5. The van der Waals surface area contributed by atoms with E-state index in [1.54, 1.807) is 0 Å². The lowest BCUT2D eigenvalue weighted by Gasteiger charge is -2.32. The highest BCUT2D eigenvalue weighted by atomic mass is 19.1. The van der Waals surface area contributed by atoms with Gasteiger partial charge in [0.1, 0.15) is 5.82 Å². The van der Waals surface area contributed by atoms with Gasteiger partial charge in [-0.25, -0.2) is 4.39 Å². The van der Waals surface area contributed by atoms with Crippen LogP contribution in [0.5, 0.6) is 0 Å². The van der Waals surface area contributed by atoms with Gasteiger partial charge in [-0.15, -0.1) is 0 Å². The van der Waals surface area contributed by atoms with Crippen LogP contribution in [0.3, 0.4) is 0 Å². The molecule has 1 aliphatic rings. The highest BCUT2D eigenvalue weighted by Gasteiger charge is 2.52. The molecule has 0 aliphatic carbocycles. The second-order valence-corrected chi connectivity index (χ2v) is 6.89. The standard InChI is InChI=1S/C17H22BFO5/c1-16(2)17(3,4)24-18(23-16)13(10-20)9-12-7-11(8-15(21)22)5-6-14(12)19/h5-7,9,20H,8,10H2,1-4H3,(H,21,22). The summed E-state index contributed by atoms with van der Waals surface area (Å²) in [6.07, 6.45) is 1.24. The average molecular weight is 336 g/mol. The molecule has 0 bridgehead atoms. The maximum atomic E-state index is 14.0. The number of aliphatic hydroxyl groups excluding tert-OH is 1. The Morgan fingerprint density at radius 2 is 1.83 bits per heavy atom. The largest absolute Gasteiger partial charge is 0.492 e. The van der Waals surface area contributed by atoms with E-state index in [1.807, 2.05) is 27.7 Å². The van der Waals surface area contributed by atoms with E-state index in [1.165, 1.54) is 24.3 Å². The van der Waals surface area contributed by atoms with Crippen LogP contribution in [0.4, 0.5) is 4.39 Å². The van der Waals surface area contributed by atoms with Gasteiger partial charge in [-0.2, -0.15) is 0 Å². The summed E-state index contributed by atoms with van der Waals surface area (Å²) >= 11 is 0. The minimum Gasteiger partial charge on any atom is -0.481 e. The molecule has 1 fully saturated rings. The van der Waals surface area contributed by atoms with Crippen molar-refractivity contribution in [1.82, 2.24) is 0 Å². The fourth-order valence-electron chi connectivity index (χ4n) is 2.37. The van der Waals surface area contributed by atoms with Crippen LogP contribution >= 0.6 is 0 Å². The van der Waals surface area contributed by atoms with Crippen molar-refractivity contribution >= 4 is 19.2 Å². The molecule has 1 aliphatic heterocycles. The zero-order chi connectivity index (χ0) is 18.1. The number of aliphatic carboxylic acids is 1. The predicted molar refractivity (Wildman–Crippen MR) is 88.9 cm³/mol. The molecule has 1 aromatic carbocycles. The Morgan fingerprint density at radius 1 is 1.25 bits per heavy atom. The van der Waals surface area contributed by atoms with Gasteiger partial charge >= 0.3 is 13.1 Å². The fraction of sp³-hybridized carbons (Fsp3) is 0.471. The Bertz CT molecular complexity index is 653. The van der Waals surface area contributed by atoms with Gasteiger partial charge in [0.05, 0.1) is 24.2 Å². The summed E-state index contributed by atoms with van der Waals surface area (Å²) in [5.41, 5.74) is -0.112. The average Bonchev–Trinajstić information content (AvgIpc) is 2.67. The highest BCUT2D eigenvalue weighted by molar-refractivity contribution is 6.55. The van der Waals surface area contributed by atoms with Crippen LogP contribution in [-0.2, 0) is 20.5 Å². The van der Waals surface area contributed by atoms with Crippen LogP contribution in [0.25, 0.3) is 6.08 Å². The molecule has 130 valence electrons. The lowest BCUT2D eigenvalue weighted by Crippen LogP contribution is -2.41. The van der Waals surface area contributed by atoms with Crippen LogP contribution in [0.1, 0.15) is 38.8 Å². The Balaban J connectivity index is 2.33. The van der Waals surface area contributed by atoms with E-state index >= 15 is 0 Å². The number of carboxylic acids is 1. The molecule has 2 rings (SSSR count). The van der Waals surface area contributed by atoms with Crippen molar-refractivity contribution in [3.63, 3.8) is 0 Å². The van der Waals surface area contributed by atoms with Crippen molar-refractivity contribution in [3.8, 4) is 0 Å². The fourth-order valence-corrected chi connectivity index (χ4v) is 2.37. The molecule has 24 heavy (non-hydrogen) atoms. The van der Waals surface area contributed by atoms with Crippen molar-refractivity contribution in [3.05, 3.63) is 40.6 Å². The first-order valence-electron chi connectivity index (χ1n) is 7.73. The third-order valence-corrected chi connectivity index (χ3v) is 4.50. The Labute approximate surface area is 141 Å². The molecule has 0 saturated carbocycles. The molecule has 0 unspecified atom stereocenters. The van der Waals surface area contributed by atoms with Crippen molar-refractivity contribution in [1.29, 1.82) is 0 Å². The van der Waals surface area contributed by atoms with Crippen molar-refractivity contribution in [2.75, 3.05) is 6.61 Å². The number of aliphatic hydroxyl groups is 1. The van der Waals surface area contributed by atoms with Gasteiger partial charge in [0.2, 0.25) is 0 Å². The van der Waals surface area contributed by atoms with E-state index in [0.717, 1.165) is 0 Å². The Hall–Kier alpha value is -1.70. The van der Waals surface area contributed by atoms with E-state index in [0.29, 0.717) is 11.0 Å². The minimum atomic E-state index is -0.995. The zero-order valence-corrected chi connectivity index (χ0v) is 14.3. The number of carbonyl (C=O) groups is 1. The molecular formula is C17H22BFO5. The van der Waals surface area contributed by atoms with Crippen LogP contribution < -0.4 is 0 Å². The number of carboxylic acid groups (broad SMARTS) is 1. The maximum absolute atomic E-state index is 14.0. The molecule has 1 aromatic rings. The monoisotopic (exact) mass is 336 g/mol. The third kappa shape index (κ3) is 3.86. The molecule has 0 spiro atoms. The molecule has 0 radical (unpaired) electrons. The molecule has 5 nitrogen and oxygen atoms in total. The van der Waals surface area contributed by atoms with E-state index < -0.39 is 30.1 Å². The maximum Gasteiger partial charge on any atom is 0.492 e. The third-order valence-electron chi connectivity index (χ3n) is 4.50. The van der Waals surface area contributed by atoms with E-state index in [-0.39, 0.29) is 18.6 Å². The van der Waals surface area contributed by atoms with Gasteiger partial charge in [0.25, 0.3) is 0 Å². The Morgan fingerprint density at radius 3 is 2.33 bits per heavy atom. The van der Waals surface area contributed by atoms with E-state index in [4.69, 9.17) is 14.4 Å². The number of halogens is 1. The molecule has 7 heteroatoms. The summed E-state index contributed by atoms with van der Waals surface area (Å²) < 4.78 is 25.8. The molecule has 0 atom stereocenters. The molecule has 1 heterocycles. The second kappa shape index (κ2) is 6.66. The number of hydrogen-bond donors (Lipinski definition) is 2. The van der Waals surface area contributed by atoms with Gasteiger partial charge in [-0.05, 0) is 50.9 Å². The number of hydrogen-bond acceptors (Lipinski definition) is 4. The smallest absolute Gasteiger partial charge is 0.481 e. The summed E-state index contributed by atoms with van der Waals surface area (Å²) in [5.74, 6) is -1.50. The lowest BCUT2D eigenvalue weighted by molar-refractivity contribution is -0.136. The zero-order valence-electron chi connectivity index (χ0n) is 14.3. The summed E-state index contributed by atoms with van der Waals surface area (Å²) in [6.45, 7) is 7.18. The first-order chi connectivity index (χ1) is 11.1. The van der Waals surface area contributed by atoms with E-state index in [9.17, 15) is 14.3 Å². The Kier molecular flexibility index (Phi) is 5.18. The molecule has 2 N–H and O–H groups in total. The summed E-state index contributed by atoms with van der Waals surface area (Å²) in [7, 11) is -0.789. The van der Waals surface area contributed by atoms with Crippen LogP contribution in [0.15, 0.2) is 23.7 Å². The van der Waals surface area contributed by atoms with Gasteiger partial charge in [0, 0.05) is 5.56 Å². The van der Waals surface area contributed by atoms with Gasteiger partial charge in [-0.3, -0.25) is 4.79 Å². The summed E-state index contributed by atoms with van der Waals surface area (Å²) in [6, 6.07) is 4.09. The number of benzene rings is 1. The summed E-state index contributed by atoms with van der Waals surface area (Å²) in [4.78, 5) is 10.8. The molecule has 0 aromatic heterocycles. The van der Waals surface area contributed by atoms with Gasteiger partial charge < -0.3 is 19.5 Å². The van der Waals surface area contributed by atoms with Gasteiger partial charge in [0.15, 0.2) is 0 Å². The second-order valence-electron chi connectivity index (χ2n) is 6.89. The molecule has 1 saturated heterocycles. The van der Waals surface area contributed by atoms with Crippen LogP contribution in [0, 0.1) is 5.82 Å².